The summed E-state index contributed by atoms with van der Waals surface area (Å²) in [6.45, 7) is 4.83. The van der Waals surface area contributed by atoms with Crippen LogP contribution in [0.1, 0.15) is 18.6 Å². The van der Waals surface area contributed by atoms with Gasteiger partial charge in [-0.05, 0) is 12.1 Å². The molecule has 0 saturated carbocycles. The molecule has 1 aliphatic heterocycles. The molecule has 1 amide bonds. The van der Waals surface area contributed by atoms with E-state index in [9.17, 15) is 4.79 Å². The van der Waals surface area contributed by atoms with Gasteiger partial charge in [0.25, 0.3) is 0 Å². The summed E-state index contributed by atoms with van der Waals surface area (Å²) in [4.78, 5) is 14.0. The van der Waals surface area contributed by atoms with Crippen LogP contribution < -0.4 is 4.74 Å². The lowest BCUT2D eigenvalue weighted by Gasteiger charge is -2.27. The molecule has 2 heterocycles. The van der Waals surface area contributed by atoms with Gasteiger partial charge in [-0.25, -0.2) is 0 Å². The molecule has 0 radical (unpaired) electrons. The number of hydrogen-bond acceptors (Lipinski definition) is 5. The van der Waals surface area contributed by atoms with E-state index in [0.717, 1.165) is 30.4 Å². The van der Waals surface area contributed by atoms with Crippen LogP contribution in [0.25, 0.3) is 0 Å². The molecule has 0 N–H and O–H groups in total. The highest BCUT2D eigenvalue weighted by molar-refractivity contribution is 5.77. The van der Waals surface area contributed by atoms with Crippen molar-refractivity contribution < 1.29 is 14.3 Å². The van der Waals surface area contributed by atoms with E-state index in [0.29, 0.717) is 26.3 Å². The zero-order valence-corrected chi connectivity index (χ0v) is 13.9. The predicted molar refractivity (Wildman–Crippen MR) is 87.6 cm³/mol. The summed E-state index contributed by atoms with van der Waals surface area (Å²) >= 11 is 0. The van der Waals surface area contributed by atoms with Gasteiger partial charge in [-0.3, -0.25) is 4.79 Å². The second-order valence-corrected chi connectivity index (χ2v) is 5.57. The first-order valence-corrected chi connectivity index (χ1v) is 8.22. The SMILES string of the molecule is CCc1nnc2n1CCN(C(=O)COCCOc1ccccc1)C2. The highest BCUT2D eigenvalue weighted by atomic mass is 16.5. The quantitative estimate of drug-likeness (QED) is 0.715. The molecule has 7 nitrogen and oxygen atoms in total. The van der Waals surface area contributed by atoms with Gasteiger partial charge in [-0.2, -0.15) is 0 Å². The number of carbonyl (C=O) groups is 1. The second kappa shape index (κ2) is 7.92. The molecule has 7 heteroatoms. The van der Waals surface area contributed by atoms with Gasteiger partial charge in [-0.1, -0.05) is 25.1 Å². The lowest BCUT2D eigenvalue weighted by molar-refractivity contribution is -0.137. The Morgan fingerprint density at radius 3 is 2.79 bits per heavy atom. The van der Waals surface area contributed by atoms with Crippen molar-refractivity contribution in [1.29, 1.82) is 0 Å². The highest BCUT2D eigenvalue weighted by Crippen LogP contribution is 2.13. The Hall–Kier alpha value is -2.41. The average Bonchev–Trinajstić information content (AvgIpc) is 3.04. The minimum atomic E-state index is -0.0259. The minimum absolute atomic E-state index is 0.0259. The number of para-hydroxylation sites is 1. The Balaban J connectivity index is 1.38. The summed E-state index contributed by atoms with van der Waals surface area (Å²) in [6.07, 6.45) is 0.853. The number of hydrogen-bond donors (Lipinski definition) is 0. The van der Waals surface area contributed by atoms with E-state index in [1.807, 2.05) is 30.3 Å². The van der Waals surface area contributed by atoms with Crippen molar-refractivity contribution >= 4 is 5.91 Å². The average molecular weight is 330 g/mol. The summed E-state index contributed by atoms with van der Waals surface area (Å²) < 4.78 is 13.0. The first-order valence-electron chi connectivity index (χ1n) is 8.22. The molecule has 0 saturated heterocycles. The summed E-state index contributed by atoms with van der Waals surface area (Å²) in [6, 6.07) is 9.54. The normalized spacial score (nSPS) is 13.6. The molecule has 1 aliphatic rings. The van der Waals surface area contributed by atoms with Gasteiger partial charge in [0.15, 0.2) is 5.82 Å². The Bertz CT molecular complexity index is 672. The lowest BCUT2D eigenvalue weighted by atomic mass is 10.3. The maximum absolute atomic E-state index is 12.2. The number of fused-ring (bicyclic) bond motifs is 1. The zero-order valence-electron chi connectivity index (χ0n) is 13.9. The molecular weight excluding hydrogens is 308 g/mol. The molecule has 0 atom stereocenters. The van der Waals surface area contributed by atoms with Crippen LogP contribution in [0.4, 0.5) is 0 Å². The summed E-state index contributed by atoms with van der Waals surface area (Å²) in [7, 11) is 0. The number of benzene rings is 1. The zero-order chi connectivity index (χ0) is 16.8. The third kappa shape index (κ3) is 3.91. The van der Waals surface area contributed by atoms with Gasteiger partial charge >= 0.3 is 0 Å². The van der Waals surface area contributed by atoms with E-state index in [4.69, 9.17) is 9.47 Å². The molecule has 3 rings (SSSR count). The molecule has 1 aromatic carbocycles. The molecule has 1 aromatic heterocycles. The van der Waals surface area contributed by atoms with Crippen molar-refractivity contribution in [3.63, 3.8) is 0 Å². The van der Waals surface area contributed by atoms with E-state index in [1.54, 1.807) is 4.90 Å². The molecule has 0 spiro atoms. The Morgan fingerprint density at radius 1 is 1.17 bits per heavy atom. The summed E-state index contributed by atoms with van der Waals surface area (Å²) in [5.41, 5.74) is 0. The topological polar surface area (TPSA) is 69.5 Å². The number of nitrogens with zero attached hydrogens (tertiary/aromatic N) is 4. The molecule has 2 aromatic rings. The van der Waals surface area contributed by atoms with E-state index < -0.39 is 0 Å². The van der Waals surface area contributed by atoms with Crippen molar-refractivity contribution in [1.82, 2.24) is 19.7 Å². The van der Waals surface area contributed by atoms with Crippen LogP contribution in [0.5, 0.6) is 5.75 Å². The van der Waals surface area contributed by atoms with Crippen LogP contribution in [0.2, 0.25) is 0 Å². The fourth-order valence-electron chi connectivity index (χ4n) is 2.68. The van der Waals surface area contributed by atoms with E-state index >= 15 is 0 Å². The predicted octanol–water partition coefficient (Wildman–Crippen LogP) is 1.28. The number of amides is 1. The van der Waals surface area contributed by atoms with Gasteiger partial charge in [0.1, 0.15) is 24.8 Å². The molecule has 0 unspecified atom stereocenters. The van der Waals surface area contributed by atoms with Gasteiger partial charge in [0.2, 0.25) is 5.91 Å². The van der Waals surface area contributed by atoms with Crippen LogP contribution in [0, 0.1) is 0 Å². The van der Waals surface area contributed by atoms with Crippen molar-refractivity contribution in [2.75, 3.05) is 26.4 Å². The number of aromatic nitrogens is 3. The minimum Gasteiger partial charge on any atom is -0.491 e. The molecule has 128 valence electrons. The number of carbonyl (C=O) groups excluding carboxylic acids is 1. The smallest absolute Gasteiger partial charge is 0.249 e. The van der Waals surface area contributed by atoms with Crippen LogP contribution >= 0.6 is 0 Å². The Morgan fingerprint density at radius 2 is 2.00 bits per heavy atom. The van der Waals surface area contributed by atoms with Gasteiger partial charge < -0.3 is 18.9 Å². The lowest BCUT2D eigenvalue weighted by Crippen LogP contribution is -2.40. The highest BCUT2D eigenvalue weighted by Gasteiger charge is 2.23. The molecule has 0 aliphatic carbocycles. The third-order valence-electron chi connectivity index (χ3n) is 3.96. The van der Waals surface area contributed by atoms with Crippen molar-refractivity contribution in [2.24, 2.45) is 0 Å². The van der Waals surface area contributed by atoms with Crippen LogP contribution in [-0.4, -0.2) is 51.9 Å². The second-order valence-electron chi connectivity index (χ2n) is 5.57. The van der Waals surface area contributed by atoms with Crippen LogP contribution in [0.15, 0.2) is 30.3 Å². The van der Waals surface area contributed by atoms with Gasteiger partial charge in [0.05, 0.1) is 13.2 Å². The molecular formula is C17H22N4O3. The van der Waals surface area contributed by atoms with Gasteiger partial charge in [0, 0.05) is 19.5 Å². The molecule has 24 heavy (non-hydrogen) atoms. The van der Waals surface area contributed by atoms with Crippen molar-refractivity contribution in [3.8, 4) is 5.75 Å². The maximum Gasteiger partial charge on any atom is 0.249 e. The fraction of sp³-hybridized carbons (Fsp3) is 0.471. The first kappa shape index (κ1) is 16.4. The Labute approximate surface area is 141 Å². The first-order chi connectivity index (χ1) is 11.8. The largest absolute Gasteiger partial charge is 0.491 e. The van der Waals surface area contributed by atoms with Crippen molar-refractivity contribution in [3.05, 3.63) is 42.0 Å². The van der Waals surface area contributed by atoms with Crippen LogP contribution in [0.3, 0.4) is 0 Å². The standard InChI is InChI=1S/C17H22N4O3/c1-2-15-18-19-16-12-20(8-9-21(15)16)17(22)13-23-10-11-24-14-6-4-3-5-7-14/h3-7H,2,8-13H2,1H3. The van der Waals surface area contributed by atoms with E-state index in [2.05, 4.69) is 21.7 Å². The van der Waals surface area contributed by atoms with Gasteiger partial charge in [-0.15, -0.1) is 10.2 Å². The van der Waals surface area contributed by atoms with E-state index in [1.165, 1.54) is 0 Å². The fourth-order valence-corrected chi connectivity index (χ4v) is 2.68. The third-order valence-corrected chi connectivity index (χ3v) is 3.96. The van der Waals surface area contributed by atoms with E-state index in [-0.39, 0.29) is 12.5 Å². The summed E-state index contributed by atoms with van der Waals surface area (Å²) in [5.74, 6) is 2.60. The summed E-state index contributed by atoms with van der Waals surface area (Å²) in [5, 5.41) is 8.31. The molecule has 0 bridgehead atoms. The Kier molecular flexibility index (Phi) is 5.43. The van der Waals surface area contributed by atoms with Crippen molar-refractivity contribution in [2.45, 2.75) is 26.4 Å². The number of aryl methyl sites for hydroxylation is 1. The maximum atomic E-state index is 12.2. The van der Waals surface area contributed by atoms with Crippen LogP contribution in [-0.2, 0) is 29.0 Å². The number of ether oxygens (including phenoxy) is 2. The molecule has 0 fully saturated rings. The monoisotopic (exact) mass is 330 g/mol. The number of rotatable bonds is 7.